The molecule has 0 saturated heterocycles. The molecule has 0 saturated carbocycles. The molecule has 0 aliphatic rings. The van der Waals surface area contributed by atoms with Crippen molar-refractivity contribution in [3.63, 3.8) is 0 Å². The first-order valence-electron chi connectivity index (χ1n) is 6.40. The Hall–Kier alpha value is -1.76. The first kappa shape index (κ1) is 17.3. The van der Waals surface area contributed by atoms with Gasteiger partial charge in [-0.15, -0.1) is 13.2 Å². The van der Waals surface area contributed by atoms with Crippen molar-refractivity contribution < 1.29 is 27.4 Å². The third kappa shape index (κ3) is 6.03. The lowest BCUT2D eigenvalue weighted by molar-refractivity contribution is -0.274. The second-order valence-corrected chi connectivity index (χ2v) is 4.61. The van der Waals surface area contributed by atoms with E-state index in [9.17, 15) is 18.0 Å². The van der Waals surface area contributed by atoms with E-state index in [4.69, 9.17) is 4.74 Å². The predicted molar refractivity (Wildman–Crippen MR) is 70.8 cm³/mol. The zero-order valence-corrected chi connectivity index (χ0v) is 12.1. The molecule has 0 spiro atoms. The predicted octanol–water partition coefficient (Wildman–Crippen LogP) is 3.14. The number of ether oxygens (including phenoxy) is 2. The molecule has 1 aromatic rings. The van der Waals surface area contributed by atoms with E-state index in [1.54, 1.807) is 25.9 Å². The van der Waals surface area contributed by atoms with E-state index in [0.717, 1.165) is 0 Å². The summed E-state index contributed by atoms with van der Waals surface area (Å²) in [6, 6.07) is 5.19. The number of benzene rings is 1. The monoisotopic (exact) mass is 305 g/mol. The van der Waals surface area contributed by atoms with Crippen molar-refractivity contribution in [2.45, 2.75) is 25.7 Å². The minimum atomic E-state index is -4.71. The molecule has 118 valence electrons. The van der Waals surface area contributed by atoms with Crippen LogP contribution in [0.4, 0.5) is 13.2 Å². The van der Waals surface area contributed by atoms with E-state index in [-0.39, 0.29) is 30.8 Å². The van der Waals surface area contributed by atoms with Crippen LogP contribution in [0.1, 0.15) is 24.9 Å². The second kappa shape index (κ2) is 7.31. The van der Waals surface area contributed by atoms with Crippen LogP contribution in [0.15, 0.2) is 24.3 Å². The maximum absolute atomic E-state index is 12.1. The molecule has 7 heteroatoms. The Labute approximate surface area is 121 Å². The molecule has 1 rings (SSSR count). The van der Waals surface area contributed by atoms with Gasteiger partial charge in [-0.1, -0.05) is 12.1 Å². The van der Waals surface area contributed by atoms with Crippen molar-refractivity contribution in [2.75, 3.05) is 20.7 Å². The minimum Gasteiger partial charge on any atom is -0.466 e. The van der Waals surface area contributed by atoms with Crippen LogP contribution in [0.2, 0.25) is 0 Å². The van der Waals surface area contributed by atoms with Crippen molar-refractivity contribution in [3.05, 3.63) is 29.8 Å². The normalized spacial score (nSPS) is 13.1. The number of hydrogen-bond acceptors (Lipinski definition) is 4. The lowest BCUT2D eigenvalue weighted by atomic mass is 10.0. The largest absolute Gasteiger partial charge is 0.573 e. The summed E-state index contributed by atoms with van der Waals surface area (Å²) >= 11 is 0. The van der Waals surface area contributed by atoms with Gasteiger partial charge in [-0.2, -0.15) is 0 Å². The molecule has 1 unspecified atom stereocenters. The molecule has 0 amide bonds. The van der Waals surface area contributed by atoms with Gasteiger partial charge in [-0.25, -0.2) is 0 Å². The van der Waals surface area contributed by atoms with E-state index >= 15 is 0 Å². The van der Waals surface area contributed by atoms with Gasteiger partial charge in [-0.3, -0.25) is 4.79 Å². The van der Waals surface area contributed by atoms with Crippen LogP contribution in [0.25, 0.3) is 0 Å². The van der Waals surface area contributed by atoms with Crippen LogP contribution in [0.3, 0.4) is 0 Å². The van der Waals surface area contributed by atoms with Crippen molar-refractivity contribution in [1.82, 2.24) is 4.90 Å². The molecule has 0 N–H and O–H groups in total. The van der Waals surface area contributed by atoms with E-state index in [0.29, 0.717) is 5.56 Å². The molecule has 21 heavy (non-hydrogen) atoms. The number of carbonyl (C=O) groups excluding carboxylic acids is 1. The number of carbonyl (C=O) groups is 1. The van der Waals surface area contributed by atoms with Crippen LogP contribution < -0.4 is 4.74 Å². The molecule has 0 bridgehead atoms. The summed E-state index contributed by atoms with van der Waals surface area (Å²) in [6.07, 6.45) is -4.59. The number of nitrogens with zero attached hydrogens (tertiary/aromatic N) is 1. The topological polar surface area (TPSA) is 38.8 Å². The van der Waals surface area contributed by atoms with Crippen molar-refractivity contribution in [2.24, 2.45) is 0 Å². The molecular weight excluding hydrogens is 287 g/mol. The van der Waals surface area contributed by atoms with Gasteiger partial charge in [0.2, 0.25) is 0 Å². The van der Waals surface area contributed by atoms with E-state index in [1.165, 1.54) is 24.3 Å². The maximum atomic E-state index is 12.1. The molecule has 0 aliphatic heterocycles. The van der Waals surface area contributed by atoms with E-state index in [1.807, 2.05) is 0 Å². The maximum Gasteiger partial charge on any atom is 0.573 e. The van der Waals surface area contributed by atoms with Crippen LogP contribution in [-0.2, 0) is 9.53 Å². The fourth-order valence-electron chi connectivity index (χ4n) is 1.87. The Balaban J connectivity index is 2.82. The van der Waals surface area contributed by atoms with Crippen molar-refractivity contribution >= 4 is 5.97 Å². The average molecular weight is 305 g/mol. The van der Waals surface area contributed by atoms with Gasteiger partial charge in [0.05, 0.1) is 13.0 Å². The van der Waals surface area contributed by atoms with Crippen LogP contribution in [-0.4, -0.2) is 37.9 Å². The van der Waals surface area contributed by atoms with Crippen molar-refractivity contribution in [1.29, 1.82) is 0 Å². The van der Waals surface area contributed by atoms with Gasteiger partial charge in [-0.05, 0) is 38.7 Å². The van der Waals surface area contributed by atoms with E-state index in [2.05, 4.69) is 4.74 Å². The van der Waals surface area contributed by atoms with Gasteiger partial charge < -0.3 is 14.4 Å². The molecule has 0 fully saturated rings. The summed E-state index contributed by atoms with van der Waals surface area (Å²) in [7, 11) is 3.56. The zero-order chi connectivity index (χ0) is 16.0. The summed E-state index contributed by atoms with van der Waals surface area (Å²) < 4.78 is 45.0. The summed E-state index contributed by atoms with van der Waals surface area (Å²) in [6.45, 7) is 2.00. The third-order valence-electron chi connectivity index (χ3n) is 2.79. The van der Waals surface area contributed by atoms with Crippen LogP contribution in [0, 0.1) is 0 Å². The summed E-state index contributed by atoms with van der Waals surface area (Å²) in [4.78, 5) is 13.4. The summed E-state index contributed by atoms with van der Waals surface area (Å²) in [5.74, 6) is -0.647. The summed E-state index contributed by atoms with van der Waals surface area (Å²) in [5, 5.41) is 0. The first-order chi connectivity index (χ1) is 9.73. The zero-order valence-electron chi connectivity index (χ0n) is 12.1. The summed E-state index contributed by atoms with van der Waals surface area (Å²) in [5.41, 5.74) is 0.711. The Morgan fingerprint density at radius 3 is 2.24 bits per heavy atom. The molecule has 1 atom stereocenters. The SMILES string of the molecule is CCOC(=O)CC(c1ccc(OC(F)(F)F)cc1)N(C)C. The van der Waals surface area contributed by atoms with Gasteiger partial charge >= 0.3 is 12.3 Å². The van der Waals surface area contributed by atoms with Gasteiger partial charge in [0.25, 0.3) is 0 Å². The quantitative estimate of drug-likeness (QED) is 0.757. The highest BCUT2D eigenvalue weighted by Crippen LogP contribution is 2.27. The van der Waals surface area contributed by atoms with Gasteiger partial charge in [0.15, 0.2) is 0 Å². The molecule has 0 aliphatic carbocycles. The highest BCUT2D eigenvalue weighted by molar-refractivity contribution is 5.70. The Morgan fingerprint density at radius 2 is 1.81 bits per heavy atom. The molecule has 1 aromatic carbocycles. The number of alkyl halides is 3. The number of rotatable bonds is 6. The Kier molecular flexibility index (Phi) is 6.02. The standard InChI is InChI=1S/C14H18F3NO3/c1-4-20-13(19)9-12(18(2)3)10-5-7-11(8-6-10)21-14(15,16)17/h5-8,12H,4,9H2,1-3H3. The number of hydrogen-bond donors (Lipinski definition) is 0. The highest BCUT2D eigenvalue weighted by Gasteiger charge is 2.31. The lowest BCUT2D eigenvalue weighted by Crippen LogP contribution is -2.24. The average Bonchev–Trinajstić information content (AvgIpc) is 2.35. The molecule has 4 nitrogen and oxygen atoms in total. The fourth-order valence-corrected chi connectivity index (χ4v) is 1.87. The highest BCUT2D eigenvalue weighted by atomic mass is 19.4. The Morgan fingerprint density at radius 1 is 1.24 bits per heavy atom. The number of esters is 1. The minimum absolute atomic E-state index is 0.125. The van der Waals surface area contributed by atoms with Gasteiger partial charge in [0, 0.05) is 6.04 Å². The smallest absolute Gasteiger partial charge is 0.466 e. The van der Waals surface area contributed by atoms with Crippen LogP contribution >= 0.6 is 0 Å². The van der Waals surface area contributed by atoms with Crippen molar-refractivity contribution in [3.8, 4) is 5.75 Å². The molecule has 0 radical (unpaired) electrons. The first-order valence-corrected chi connectivity index (χ1v) is 6.40. The van der Waals surface area contributed by atoms with Crippen LogP contribution in [0.5, 0.6) is 5.75 Å². The second-order valence-electron chi connectivity index (χ2n) is 4.61. The fraction of sp³-hybridized carbons (Fsp3) is 0.500. The van der Waals surface area contributed by atoms with Gasteiger partial charge in [0.1, 0.15) is 5.75 Å². The molecule has 0 aromatic heterocycles. The van der Waals surface area contributed by atoms with E-state index < -0.39 is 6.36 Å². The molecule has 0 heterocycles. The number of halogens is 3. The molecular formula is C14H18F3NO3. The Bertz CT molecular complexity index is 458. The lowest BCUT2D eigenvalue weighted by Gasteiger charge is -2.24. The third-order valence-corrected chi connectivity index (χ3v) is 2.79.